The fraction of sp³-hybridized carbons (Fsp3) is 0.0556. The Kier molecular flexibility index (Phi) is 2.72. The summed E-state index contributed by atoms with van der Waals surface area (Å²) in [5.74, 6) is -0.750. The number of fused-ring (bicyclic) bond motifs is 2. The van der Waals surface area contributed by atoms with Gasteiger partial charge in [-0.25, -0.2) is 4.68 Å². The summed E-state index contributed by atoms with van der Waals surface area (Å²) in [6, 6.07) is 13.8. The number of aromatic amines is 1. The van der Waals surface area contributed by atoms with Crippen molar-refractivity contribution in [3.8, 4) is 5.69 Å². The number of ketones is 2. The highest BCUT2D eigenvalue weighted by Crippen LogP contribution is 2.24. The molecular formula is C18H12N2O3. The molecule has 1 aliphatic carbocycles. The van der Waals surface area contributed by atoms with Gasteiger partial charge in [-0.3, -0.25) is 19.5 Å². The molecule has 0 spiro atoms. The van der Waals surface area contributed by atoms with Gasteiger partial charge in [0, 0.05) is 11.1 Å². The largest absolute Gasteiger partial charge is 0.288 e. The van der Waals surface area contributed by atoms with Crippen molar-refractivity contribution in [2.24, 2.45) is 0 Å². The van der Waals surface area contributed by atoms with Crippen molar-refractivity contribution in [2.45, 2.75) is 6.92 Å². The number of aryl methyl sites for hydroxylation is 1. The van der Waals surface area contributed by atoms with Crippen molar-refractivity contribution >= 4 is 11.6 Å². The zero-order chi connectivity index (χ0) is 16.1. The molecule has 1 aliphatic rings. The summed E-state index contributed by atoms with van der Waals surface area (Å²) in [4.78, 5) is 37.8. The van der Waals surface area contributed by atoms with E-state index in [-0.39, 0.29) is 22.6 Å². The van der Waals surface area contributed by atoms with Crippen LogP contribution in [-0.4, -0.2) is 21.3 Å². The van der Waals surface area contributed by atoms with Gasteiger partial charge in [-0.1, -0.05) is 42.0 Å². The predicted octanol–water partition coefficient (Wildman–Crippen LogP) is 2.25. The van der Waals surface area contributed by atoms with Gasteiger partial charge < -0.3 is 0 Å². The lowest BCUT2D eigenvalue weighted by molar-refractivity contribution is 0.0976. The topological polar surface area (TPSA) is 71.9 Å². The lowest BCUT2D eigenvalue weighted by Gasteiger charge is -2.11. The first-order chi connectivity index (χ1) is 11.1. The van der Waals surface area contributed by atoms with E-state index in [0.29, 0.717) is 11.3 Å². The molecule has 0 bridgehead atoms. The van der Waals surface area contributed by atoms with Gasteiger partial charge in [0.1, 0.15) is 11.3 Å². The molecule has 23 heavy (non-hydrogen) atoms. The van der Waals surface area contributed by atoms with E-state index in [1.54, 1.807) is 36.4 Å². The summed E-state index contributed by atoms with van der Waals surface area (Å²) < 4.78 is 1.24. The Hall–Kier alpha value is -3.21. The number of nitrogens with one attached hydrogen (secondary N) is 1. The van der Waals surface area contributed by atoms with Crippen molar-refractivity contribution in [2.75, 3.05) is 0 Å². The summed E-state index contributed by atoms with van der Waals surface area (Å²) in [5.41, 5.74) is 1.70. The SMILES string of the molecule is Cc1ccc(-n2[nH]c3c(c2=O)C(=O)c2ccccc2C3=O)cc1. The zero-order valence-electron chi connectivity index (χ0n) is 12.3. The van der Waals surface area contributed by atoms with Crippen LogP contribution in [0.4, 0.5) is 0 Å². The van der Waals surface area contributed by atoms with E-state index in [9.17, 15) is 14.4 Å². The minimum atomic E-state index is -0.503. The van der Waals surface area contributed by atoms with Crippen LogP contribution < -0.4 is 5.56 Å². The van der Waals surface area contributed by atoms with Crippen molar-refractivity contribution in [1.29, 1.82) is 0 Å². The number of nitrogens with zero attached hydrogens (tertiary/aromatic N) is 1. The highest BCUT2D eigenvalue weighted by atomic mass is 16.2. The molecule has 0 atom stereocenters. The third-order valence-corrected chi connectivity index (χ3v) is 4.05. The Morgan fingerprint density at radius 3 is 2.09 bits per heavy atom. The second kappa shape index (κ2) is 4.64. The number of carbonyl (C=O) groups excluding carboxylic acids is 2. The second-order valence-electron chi connectivity index (χ2n) is 5.54. The first kappa shape index (κ1) is 13.5. The zero-order valence-corrected chi connectivity index (χ0v) is 12.3. The quantitative estimate of drug-likeness (QED) is 0.586. The van der Waals surface area contributed by atoms with Gasteiger partial charge in [0.05, 0.1) is 5.69 Å². The molecule has 0 radical (unpaired) electrons. The van der Waals surface area contributed by atoms with E-state index in [2.05, 4.69) is 5.10 Å². The van der Waals surface area contributed by atoms with Gasteiger partial charge >= 0.3 is 0 Å². The summed E-state index contributed by atoms with van der Waals surface area (Å²) >= 11 is 0. The van der Waals surface area contributed by atoms with Crippen molar-refractivity contribution < 1.29 is 9.59 Å². The minimum Gasteiger partial charge on any atom is -0.288 e. The smallest absolute Gasteiger partial charge is 0.283 e. The normalized spacial score (nSPS) is 12.9. The Balaban J connectivity index is 1.97. The standard InChI is InChI=1S/C18H12N2O3/c1-10-6-8-11(9-7-10)20-18(23)14-15(19-20)17(22)13-5-3-2-4-12(13)16(14)21/h2-9,19H,1H3. The molecule has 5 heteroatoms. The first-order valence-electron chi connectivity index (χ1n) is 7.18. The molecular weight excluding hydrogens is 292 g/mol. The Morgan fingerprint density at radius 2 is 1.43 bits per heavy atom. The summed E-state index contributed by atoms with van der Waals surface area (Å²) in [5, 5.41) is 2.79. The van der Waals surface area contributed by atoms with Crippen LogP contribution in [0.1, 0.15) is 37.5 Å². The van der Waals surface area contributed by atoms with Gasteiger partial charge in [-0.2, -0.15) is 0 Å². The number of rotatable bonds is 1. The number of carbonyl (C=O) groups is 2. The van der Waals surface area contributed by atoms with Gasteiger partial charge in [0.15, 0.2) is 0 Å². The van der Waals surface area contributed by atoms with Crippen molar-refractivity contribution in [1.82, 2.24) is 9.78 Å². The Morgan fingerprint density at radius 1 is 0.826 bits per heavy atom. The van der Waals surface area contributed by atoms with Gasteiger partial charge in [0.25, 0.3) is 5.56 Å². The summed E-state index contributed by atoms with van der Waals surface area (Å²) in [6.45, 7) is 1.94. The summed E-state index contributed by atoms with van der Waals surface area (Å²) in [6.07, 6.45) is 0. The van der Waals surface area contributed by atoms with Crippen molar-refractivity contribution in [3.05, 3.63) is 86.8 Å². The van der Waals surface area contributed by atoms with Crippen LogP contribution in [0.15, 0.2) is 53.3 Å². The Bertz CT molecular complexity index is 1020. The van der Waals surface area contributed by atoms with E-state index < -0.39 is 11.3 Å². The molecule has 4 rings (SSSR count). The van der Waals surface area contributed by atoms with Crippen LogP contribution in [0, 0.1) is 6.92 Å². The molecule has 0 aliphatic heterocycles. The molecule has 5 nitrogen and oxygen atoms in total. The molecule has 2 aromatic carbocycles. The Labute approximate surface area is 131 Å². The van der Waals surface area contributed by atoms with E-state index in [4.69, 9.17) is 0 Å². The third kappa shape index (κ3) is 1.83. The molecule has 1 N–H and O–H groups in total. The number of hydrogen-bond acceptors (Lipinski definition) is 3. The molecule has 1 heterocycles. The molecule has 0 fully saturated rings. The summed E-state index contributed by atoms with van der Waals surface area (Å²) in [7, 11) is 0. The van der Waals surface area contributed by atoms with Crippen molar-refractivity contribution in [3.63, 3.8) is 0 Å². The maximum atomic E-state index is 12.6. The number of H-pyrrole nitrogens is 1. The molecule has 0 unspecified atom stereocenters. The lowest BCUT2D eigenvalue weighted by Crippen LogP contribution is -2.25. The van der Waals surface area contributed by atoms with Crippen LogP contribution in [0.5, 0.6) is 0 Å². The van der Waals surface area contributed by atoms with Gasteiger partial charge in [-0.15, -0.1) is 0 Å². The lowest BCUT2D eigenvalue weighted by atomic mass is 9.88. The molecule has 3 aromatic rings. The molecule has 112 valence electrons. The maximum absolute atomic E-state index is 12.6. The van der Waals surface area contributed by atoms with E-state index >= 15 is 0 Å². The van der Waals surface area contributed by atoms with Crippen LogP contribution in [-0.2, 0) is 0 Å². The van der Waals surface area contributed by atoms with Crippen LogP contribution >= 0.6 is 0 Å². The number of hydrogen-bond donors (Lipinski definition) is 1. The molecule has 0 saturated heterocycles. The molecule has 0 amide bonds. The third-order valence-electron chi connectivity index (χ3n) is 4.05. The highest BCUT2D eigenvalue weighted by molar-refractivity contribution is 6.27. The van der Waals surface area contributed by atoms with Crippen LogP contribution in [0.25, 0.3) is 5.69 Å². The maximum Gasteiger partial charge on any atom is 0.283 e. The van der Waals surface area contributed by atoms with E-state index in [1.807, 2.05) is 19.1 Å². The fourth-order valence-electron chi connectivity index (χ4n) is 2.84. The fourth-order valence-corrected chi connectivity index (χ4v) is 2.84. The van der Waals surface area contributed by atoms with Crippen LogP contribution in [0.2, 0.25) is 0 Å². The average Bonchev–Trinajstić information content (AvgIpc) is 2.91. The molecule has 1 aromatic heterocycles. The minimum absolute atomic E-state index is 0.0549. The van der Waals surface area contributed by atoms with E-state index in [0.717, 1.165) is 5.56 Å². The van der Waals surface area contributed by atoms with E-state index in [1.165, 1.54) is 4.68 Å². The van der Waals surface area contributed by atoms with Crippen LogP contribution in [0.3, 0.4) is 0 Å². The molecule has 0 saturated carbocycles. The second-order valence-corrected chi connectivity index (χ2v) is 5.54. The predicted molar refractivity (Wildman–Crippen MR) is 84.4 cm³/mol. The monoisotopic (exact) mass is 304 g/mol. The highest BCUT2D eigenvalue weighted by Gasteiger charge is 2.34. The van der Waals surface area contributed by atoms with Gasteiger partial charge in [-0.05, 0) is 19.1 Å². The van der Waals surface area contributed by atoms with Gasteiger partial charge in [0.2, 0.25) is 11.6 Å². The number of benzene rings is 2. The first-order valence-corrected chi connectivity index (χ1v) is 7.18. The average molecular weight is 304 g/mol. The number of aromatic nitrogens is 2.